The third-order valence-corrected chi connectivity index (χ3v) is 7.16. The van der Waals surface area contributed by atoms with Crippen molar-refractivity contribution in [3.05, 3.63) is 74.6 Å². The van der Waals surface area contributed by atoms with Crippen molar-refractivity contribution in [2.24, 2.45) is 0 Å². The van der Waals surface area contributed by atoms with Crippen molar-refractivity contribution in [3.63, 3.8) is 0 Å². The van der Waals surface area contributed by atoms with E-state index < -0.39 is 29.0 Å². The predicted octanol–water partition coefficient (Wildman–Crippen LogP) is 2.75. The third-order valence-electron chi connectivity index (χ3n) is 6.15. The van der Waals surface area contributed by atoms with Crippen LogP contribution in [0.5, 0.6) is 0 Å². The Labute approximate surface area is 193 Å². The van der Waals surface area contributed by atoms with E-state index in [4.69, 9.17) is 0 Å². The number of hydrogen-bond donors (Lipinski definition) is 0. The molecule has 33 heavy (non-hydrogen) atoms. The molecule has 0 spiro atoms. The quantitative estimate of drug-likeness (QED) is 0.327. The lowest BCUT2D eigenvalue weighted by molar-refractivity contribution is -0.385. The standard InChI is InChI=1S/C23H20N4O5S/c28-20(13-26-22(29)17-5-3-6-18(27(31)32)21(17)23(26)30)25-10-8-24(9-11-25)12-15-14-33-19-7-2-1-4-16(15)19/h1-7,14H,8-13H2. The Kier molecular flexibility index (Phi) is 5.39. The summed E-state index contributed by atoms with van der Waals surface area (Å²) in [6, 6.07) is 12.2. The van der Waals surface area contributed by atoms with Crippen LogP contribution in [-0.2, 0) is 11.3 Å². The highest BCUT2D eigenvalue weighted by atomic mass is 32.1. The number of piperazine rings is 1. The Morgan fingerprint density at radius 2 is 1.76 bits per heavy atom. The summed E-state index contributed by atoms with van der Waals surface area (Å²) in [5.41, 5.74) is 0.571. The summed E-state index contributed by atoms with van der Waals surface area (Å²) in [5, 5.41) is 14.7. The van der Waals surface area contributed by atoms with E-state index in [0.29, 0.717) is 26.2 Å². The second kappa shape index (κ2) is 8.38. The van der Waals surface area contributed by atoms with E-state index in [-0.39, 0.29) is 17.0 Å². The van der Waals surface area contributed by atoms with Crippen LogP contribution in [0.1, 0.15) is 26.3 Å². The normalized spacial score (nSPS) is 16.5. The highest BCUT2D eigenvalue weighted by Gasteiger charge is 2.42. The number of nitro groups is 1. The Morgan fingerprint density at radius 3 is 2.52 bits per heavy atom. The van der Waals surface area contributed by atoms with E-state index in [1.165, 1.54) is 33.8 Å². The number of amides is 3. The Hall–Kier alpha value is -3.63. The molecule has 0 atom stereocenters. The summed E-state index contributed by atoms with van der Waals surface area (Å²) < 4.78 is 1.25. The molecular formula is C23H20N4O5S. The molecule has 0 bridgehead atoms. The number of carbonyl (C=O) groups is 3. The van der Waals surface area contributed by atoms with Gasteiger partial charge in [0.15, 0.2) is 0 Å². The molecule has 0 N–H and O–H groups in total. The largest absolute Gasteiger partial charge is 0.339 e. The zero-order valence-electron chi connectivity index (χ0n) is 17.6. The van der Waals surface area contributed by atoms with Crippen LogP contribution in [0, 0.1) is 10.1 Å². The Morgan fingerprint density at radius 1 is 1.00 bits per heavy atom. The van der Waals surface area contributed by atoms with Crippen LogP contribution in [0.3, 0.4) is 0 Å². The van der Waals surface area contributed by atoms with Crippen molar-refractivity contribution in [1.82, 2.24) is 14.7 Å². The van der Waals surface area contributed by atoms with E-state index in [1.54, 1.807) is 16.2 Å². The molecule has 1 aromatic heterocycles. The first-order valence-electron chi connectivity index (χ1n) is 10.5. The zero-order valence-corrected chi connectivity index (χ0v) is 18.4. The number of benzene rings is 2. The van der Waals surface area contributed by atoms with Crippen molar-refractivity contribution in [2.75, 3.05) is 32.7 Å². The molecule has 1 saturated heterocycles. The fourth-order valence-corrected chi connectivity index (χ4v) is 5.35. The van der Waals surface area contributed by atoms with Crippen molar-refractivity contribution in [2.45, 2.75) is 6.54 Å². The fourth-order valence-electron chi connectivity index (χ4n) is 4.40. The van der Waals surface area contributed by atoms with Gasteiger partial charge < -0.3 is 4.90 Å². The fraction of sp³-hybridized carbons (Fsp3) is 0.261. The molecule has 9 nitrogen and oxygen atoms in total. The average Bonchev–Trinajstić information content (AvgIpc) is 3.34. The van der Waals surface area contributed by atoms with E-state index in [0.717, 1.165) is 11.4 Å². The average molecular weight is 465 g/mol. The first-order valence-corrected chi connectivity index (χ1v) is 11.4. The number of nitro benzene ring substituents is 1. The van der Waals surface area contributed by atoms with Gasteiger partial charge in [0.2, 0.25) is 5.91 Å². The van der Waals surface area contributed by atoms with E-state index >= 15 is 0 Å². The number of imide groups is 1. The van der Waals surface area contributed by atoms with Gasteiger partial charge in [0.25, 0.3) is 17.5 Å². The number of hydrogen-bond acceptors (Lipinski definition) is 7. The molecule has 3 amide bonds. The van der Waals surface area contributed by atoms with Gasteiger partial charge in [-0.25, -0.2) is 0 Å². The van der Waals surface area contributed by atoms with Gasteiger partial charge in [-0.2, -0.15) is 0 Å². The summed E-state index contributed by atoms with van der Waals surface area (Å²) in [6.45, 7) is 2.73. The molecule has 168 valence electrons. The number of carbonyl (C=O) groups excluding carboxylic acids is 3. The van der Waals surface area contributed by atoms with Crippen molar-refractivity contribution in [3.8, 4) is 0 Å². The molecule has 2 aromatic carbocycles. The smallest absolute Gasteiger partial charge is 0.282 e. The van der Waals surface area contributed by atoms with Crippen molar-refractivity contribution in [1.29, 1.82) is 0 Å². The van der Waals surface area contributed by atoms with Crippen LogP contribution < -0.4 is 0 Å². The zero-order chi connectivity index (χ0) is 23.1. The van der Waals surface area contributed by atoms with Gasteiger partial charge in [-0.05, 0) is 28.5 Å². The lowest BCUT2D eigenvalue weighted by Gasteiger charge is -2.35. The minimum atomic E-state index is -0.793. The molecule has 0 saturated carbocycles. The van der Waals surface area contributed by atoms with Crippen LogP contribution in [0.25, 0.3) is 10.1 Å². The predicted molar refractivity (Wildman–Crippen MR) is 122 cm³/mol. The molecule has 2 aliphatic rings. The minimum absolute atomic E-state index is 0.0326. The summed E-state index contributed by atoms with van der Waals surface area (Å²) in [6.07, 6.45) is 0. The third kappa shape index (κ3) is 3.77. The van der Waals surface area contributed by atoms with E-state index in [9.17, 15) is 24.5 Å². The maximum absolute atomic E-state index is 12.8. The van der Waals surface area contributed by atoms with Crippen LogP contribution in [0.15, 0.2) is 47.8 Å². The molecule has 3 heterocycles. The maximum atomic E-state index is 12.8. The van der Waals surface area contributed by atoms with Crippen LogP contribution in [-0.4, -0.2) is 70.1 Å². The second-order valence-electron chi connectivity index (χ2n) is 8.07. The molecule has 2 aliphatic heterocycles. The van der Waals surface area contributed by atoms with Crippen molar-refractivity contribution < 1.29 is 19.3 Å². The van der Waals surface area contributed by atoms with Crippen LogP contribution in [0.4, 0.5) is 5.69 Å². The molecule has 0 radical (unpaired) electrons. The maximum Gasteiger partial charge on any atom is 0.282 e. The SMILES string of the molecule is O=C(CN1C(=O)c2cccc([N+](=O)[O-])c2C1=O)N1CCN(Cc2csc3ccccc23)CC1. The van der Waals surface area contributed by atoms with Gasteiger partial charge in [-0.15, -0.1) is 11.3 Å². The summed E-state index contributed by atoms with van der Waals surface area (Å²) in [5.74, 6) is -1.80. The molecule has 5 rings (SSSR count). The molecule has 10 heteroatoms. The molecule has 1 fully saturated rings. The minimum Gasteiger partial charge on any atom is -0.339 e. The lowest BCUT2D eigenvalue weighted by Crippen LogP contribution is -2.51. The number of rotatable bonds is 5. The first-order chi connectivity index (χ1) is 15.9. The second-order valence-corrected chi connectivity index (χ2v) is 8.98. The van der Waals surface area contributed by atoms with Gasteiger partial charge in [0.05, 0.1) is 10.5 Å². The molecule has 3 aromatic rings. The lowest BCUT2D eigenvalue weighted by atomic mass is 10.1. The summed E-state index contributed by atoms with van der Waals surface area (Å²) in [7, 11) is 0. The van der Waals surface area contributed by atoms with Gasteiger partial charge in [0, 0.05) is 43.5 Å². The van der Waals surface area contributed by atoms with E-state index in [2.05, 4.69) is 22.4 Å². The first kappa shape index (κ1) is 21.2. The van der Waals surface area contributed by atoms with E-state index in [1.807, 2.05) is 12.1 Å². The number of fused-ring (bicyclic) bond motifs is 2. The monoisotopic (exact) mass is 464 g/mol. The van der Waals surface area contributed by atoms with Gasteiger partial charge in [-0.1, -0.05) is 24.3 Å². The van der Waals surface area contributed by atoms with Crippen LogP contribution in [0.2, 0.25) is 0 Å². The van der Waals surface area contributed by atoms with Gasteiger partial charge in [0.1, 0.15) is 12.1 Å². The van der Waals surface area contributed by atoms with Crippen LogP contribution >= 0.6 is 11.3 Å². The molecule has 0 unspecified atom stereocenters. The summed E-state index contributed by atoms with van der Waals surface area (Å²) in [4.78, 5) is 53.5. The Bertz CT molecular complexity index is 1290. The highest BCUT2D eigenvalue weighted by molar-refractivity contribution is 7.17. The topological polar surface area (TPSA) is 104 Å². The van der Waals surface area contributed by atoms with Gasteiger partial charge in [-0.3, -0.25) is 34.3 Å². The number of thiophene rings is 1. The summed E-state index contributed by atoms with van der Waals surface area (Å²) >= 11 is 1.72. The number of nitrogens with zero attached hydrogens (tertiary/aromatic N) is 4. The molecular weight excluding hydrogens is 444 g/mol. The van der Waals surface area contributed by atoms with Gasteiger partial charge >= 0.3 is 0 Å². The Balaban J connectivity index is 1.21. The van der Waals surface area contributed by atoms with Crippen molar-refractivity contribution >= 4 is 44.8 Å². The highest BCUT2D eigenvalue weighted by Crippen LogP contribution is 2.31. The molecule has 0 aliphatic carbocycles.